The van der Waals surface area contributed by atoms with Gasteiger partial charge in [0.05, 0.1) is 17.6 Å². The maximum atomic E-state index is 4.93. The van der Waals surface area contributed by atoms with E-state index in [1.807, 2.05) is 19.3 Å². The van der Waals surface area contributed by atoms with E-state index in [0.717, 1.165) is 51.0 Å². The number of nitrogens with zero attached hydrogens (tertiary/aromatic N) is 6. The van der Waals surface area contributed by atoms with Crippen molar-refractivity contribution in [2.45, 2.75) is 71.5 Å². The molecule has 0 atom stereocenters. The fraction of sp³-hybridized carbons (Fsp3) is 0.500. The second-order valence-electron chi connectivity index (χ2n) is 10.5. The molecule has 168 valence electrons. The predicted molar refractivity (Wildman–Crippen MR) is 132 cm³/mol. The molecule has 5 rings (SSSR count). The van der Waals surface area contributed by atoms with Crippen LogP contribution in [0.15, 0.2) is 24.7 Å². The van der Waals surface area contributed by atoms with Crippen LogP contribution in [0.3, 0.4) is 0 Å². The molecule has 4 aromatic heterocycles. The monoisotopic (exact) mass is 449 g/mol. The Hall–Kier alpha value is -2.58. The van der Waals surface area contributed by atoms with E-state index < -0.39 is 0 Å². The van der Waals surface area contributed by atoms with E-state index in [1.54, 1.807) is 11.3 Å². The molecule has 0 radical (unpaired) electrons. The van der Waals surface area contributed by atoms with Crippen LogP contribution >= 0.6 is 11.3 Å². The summed E-state index contributed by atoms with van der Waals surface area (Å²) in [6.07, 6.45) is 8.08. The van der Waals surface area contributed by atoms with Gasteiger partial charge in [0.2, 0.25) is 0 Å². The van der Waals surface area contributed by atoms with Gasteiger partial charge in [-0.25, -0.2) is 15.0 Å². The zero-order valence-corrected chi connectivity index (χ0v) is 20.7. The van der Waals surface area contributed by atoms with Crippen molar-refractivity contribution < 1.29 is 0 Å². The third kappa shape index (κ3) is 3.86. The topological polar surface area (TPSA) is 71.2 Å². The van der Waals surface area contributed by atoms with Crippen LogP contribution in [0, 0.1) is 13.8 Å². The second kappa shape index (κ2) is 7.22. The first-order valence-electron chi connectivity index (χ1n) is 11.1. The highest BCUT2D eigenvalue weighted by Gasteiger charge is 2.39. The Labute approximate surface area is 192 Å². The molecular formula is C24H31N7S. The number of anilines is 1. The zero-order valence-electron chi connectivity index (χ0n) is 19.9. The highest BCUT2D eigenvalue weighted by Crippen LogP contribution is 2.36. The van der Waals surface area contributed by atoms with Crippen LogP contribution in [-0.4, -0.2) is 48.5 Å². The number of pyridine rings is 1. The van der Waals surface area contributed by atoms with E-state index in [9.17, 15) is 0 Å². The van der Waals surface area contributed by atoms with Crippen molar-refractivity contribution in [3.05, 3.63) is 35.9 Å². The molecular weight excluding hydrogens is 418 g/mol. The quantitative estimate of drug-likeness (QED) is 0.486. The first-order valence-corrected chi connectivity index (χ1v) is 11.9. The molecule has 0 bridgehead atoms. The van der Waals surface area contributed by atoms with E-state index in [-0.39, 0.29) is 11.1 Å². The summed E-state index contributed by atoms with van der Waals surface area (Å²) < 4.78 is 2.07. The molecule has 0 spiro atoms. The van der Waals surface area contributed by atoms with Crippen molar-refractivity contribution in [3.8, 4) is 11.3 Å². The van der Waals surface area contributed by atoms with Crippen LogP contribution in [-0.2, 0) is 0 Å². The first kappa shape index (κ1) is 21.3. The number of hydrogen-bond donors (Lipinski definition) is 1. The number of piperidine rings is 1. The fourth-order valence-electron chi connectivity index (χ4n) is 5.23. The highest BCUT2D eigenvalue weighted by atomic mass is 32.1. The lowest BCUT2D eigenvalue weighted by Crippen LogP contribution is -2.61. The lowest BCUT2D eigenvalue weighted by Gasteiger charge is -2.48. The third-order valence-electron chi connectivity index (χ3n) is 6.28. The zero-order chi connectivity index (χ0) is 22.8. The van der Waals surface area contributed by atoms with Gasteiger partial charge < -0.3 is 14.6 Å². The molecule has 0 amide bonds. The first-order chi connectivity index (χ1) is 15.0. The minimum atomic E-state index is 0.0865. The van der Waals surface area contributed by atoms with E-state index in [4.69, 9.17) is 9.97 Å². The SMILES string of the molecule is Cc1cn2cc(-c3cnc4nc(N(C)C5CC(C)(C)NC(C)(C)C5)sc4n3)cc(C)c2n1. The van der Waals surface area contributed by atoms with Gasteiger partial charge in [0.1, 0.15) is 5.65 Å². The van der Waals surface area contributed by atoms with Gasteiger partial charge in [0.15, 0.2) is 15.6 Å². The lowest BCUT2D eigenvalue weighted by atomic mass is 9.79. The Morgan fingerprint density at radius 3 is 2.50 bits per heavy atom. The molecule has 0 saturated carbocycles. The van der Waals surface area contributed by atoms with Gasteiger partial charge in [0.25, 0.3) is 0 Å². The van der Waals surface area contributed by atoms with Crippen molar-refractivity contribution >= 4 is 32.6 Å². The minimum Gasteiger partial charge on any atom is -0.348 e. The van der Waals surface area contributed by atoms with Gasteiger partial charge >= 0.3 is 0 Å². The fourth-order valence-corrected chi connectivity index (χ4v) is 6.16. The molecule has 32 heavy (non-hydrogen) atoms. The van der Waals surface area contributed by atoms with Crippen molar-refractivity contribution in [2.24, 2.45) is 0 Å². The van der Waals surface area contributed by atoms with E-state index in [0.29, 0.717) is 11.7 Å². The number of aromatic nitrogens is 5. The summed E-state index contributed by atoms with van der Waals surface area (Å²) in [6, 6.07) is 2.54. The summed E-state index contributed by atoms with van der Waals surface area (Å²) in [4.78, 5) is 22.2. The maximum absolute atomic E-state index is 4.93. The molecule has 1 fully saturated rings. The molecule has 0 aromatic carbocycles. The smallest absolute Gasteiger partial charge is 0.191 e. The maximum Gasteiger partial charge on any atom is 0.191 e. The van der Waals surface area contributed by atoms with Gasteiger partial charge in [-0.1, -0.05) is 11.3 Å². The molecule has 1 saturated heterocycles. The number of imidazole rings is 1. The van der Waals surface area contributed by atoms with Gasteiger partial charge in [0, 0.05) is 42.1 Å². The molecule has 5 heterocycles. The number of hydrogen-bond acceptors (Lipinski definition) is 7. The van der Waals surface area contributed by atoms with Gasteiger partial charge in [-0.3, -0.25) is 0 Å². The minimum absolute atomic E-state index is 0.0865. The van der Waals surface area contributed by atoms with Crippen LogP contribution in [0.25, 0.3) is 27.4 Å². The summed E-state index contributed by atoms with van der Waals surface area (Å²) >= 11 is 1.62. The molecule has 1 aliphatic rings. The Morgan fingerprint density at radius 2 is 1.78 bits per heavy atom. The van der Waals surface area contributed by atoms with E-state index in [1.165, 1.54) is 0 Å². The highest BCUT2D eigenvalue weighted by molar-refractivity contribution is 7.21. The molecule has 7 nitrogen and oxygen atoms in total. The summed E-state index contributed by atoms with van der Waals surface area (Å²) in [5.41, 5.74) is 5.89. The van der Waals surface area contributed by atoms with Crippen LogP contribution in [0.5, 0.6) is 0 Å². The molecule has 0 unspecified atom stereocenters. The summed E-state index contributed by atoms with van der Waals surface area (Å²) in [6.45, 7) is 13.2. The van der Waals surface area contributed by atoms with Gasteiger partial charge in [-0.05, 0) is 66.0 Å². The average molecular weight is 450 g/mol. The number of aryl methyl sites for hydroxylation is 2. The van der Waals surface area contributed by atoms with Gasteiger partial charge in [-0.15, -0.1) is 0 Å². The number of fused-ring (bicyclic) bond motifs is 2. The molecule has 1 N–H and O–H groups in total. The van der Waals surface area contributed by atoms with Crippen LogP contribution in [0.2, 0.25) is 0 Å². The van der Waals surface area contributed by atoms with E-state index >= 15 is 0 Å². The van der Waals surface area contributed by atoms with Crippen LogP contribution < -0.4 is 10.2 Å². The molecule has 4 aromatic rings. The number of rotatable bonds is 3. The molecule has 0 aliphatic carbocycles. The van der Waals surface area contributed by atoms with Crippen molar-refractivity contribution in [1.82, 2.24) is 29.7 Å². The lowest BCUT2D eigenvalue weighted by molar-refractivity contribution is 0.161. The molecule has 8 heteroatoms. The Balaban J connectivity index is 1.48. The van der Waals surface area contributed by atoms with Gasteiger partial charge in [-0.2, -0.15) is 4.98 Å². The molecule has 1 aliphatic heterocycles. The normalized spacial score (nSPS) is 18.5. The average Bonchev–Trinajstić information content (AvgIpc) is 3.27. The largest absolute Gasteiger partial charge is 0.348 e. The standard InChI is InChI=1S/C24H31N7S/c1-14-8-16(13-31-12-15(2)26-20(14)31)18-11-25-19-21(27-18)32-22(28-19)30(7)17-9-23(3,4)29-24(5,6)10-17/h8,11-13,17,29H,9-10H2,1-7H3. The van der Waals surface area contributed by atoms with Crippen molar-refractivity contribution in [2.75, 3.05) is 11.9 Å². The van der Waals surface area contributed by atoms with Crippen LogP contribution in [0.4, 0.5) is 5.13 Å². The Morgan fingerprint density at radius 1 is 1.06 bits per heavy atom. The third-order valence-corrected chi connectivity index (χ3v) is 7.31. The van der Waals surface area contributed by atoms with Crippen LogP contribution in [0.1, 0.15) is 51.8 Å². The summed E-state index contributed by atoms with van der Waals surface area (Å²) in [5, 5.41) is 4.74. The Kier molecular flexibility index (Phi) is 4.80. The summed E-state index contributed by atoms with van der Waals surface area (Å²) in [5.74, 6) is 0. The number of nitrogens with one attached hydrogen (secondary N) is 1. The Bertz CT molecular complexity index is 1300. The van der Waals surface area contributed by atoms with Crippen molar-refractivity contribution in [3.63, 3.8) is 0 Å². The summed E-state index contributed by atoms with van der Waals surface area (Å²) in [7, 11) is 2.15. The number of thiazole rings is 1. The second-order valence-corrected chi connectivity index (χ2v) is 11.4. The van der Waals surface area contributed by atoms with Crippen molar-refractivity contribution in [1.29, 1.82) is 0 Å². The predicted octanol–water partition coefficient (Wildman–Crippen LogP) is 4.76. The van der Waals surface area contributed by atoms with E-state index in [2.05, 4.69) is 78.5 Å².